The summed E-state index contributed by atoms with van der Waals surface area (Å²) in [7, 11) is 0. The van der Waals surface area contributed by atoms with Crippen molar-refractivity contribution < 1.29 is 0 Å². The van der Waals surface area contributed by atoms with E-state index in [9.17, 15) is 0 Å². The molecule has 2 aromatic heterocycles. The summed E-state index contributed by atoms with van der Waals surface area (Å²) in [5.41, 5.74) is 20.0. The molecular weight excluding hydrogens is 965 g/mol. The maximum atomic E-state index is 2.38. The van der Waals surface area contributed by atoms with E-state index in [0.29, 0.717) is 0 Å². The smallest absolute Gasteiger partial charge is 0.0541 e. The van der Waals surface area contributed by atoms with E-state index in [1.807, 2.05) is 0 Å². The number of benzene rings is 14. The Hall–Kier alpha value is -10.3. The van der Waals surface area contributed by atoms with Crippen molar-refractivity contribution in [1.82, 2.24) is 9.13 Å². The van der Waals surface area contributed by atoms with E-state index in [1.54, 1.807) is 0 Å². The topological polar surface area (TPSA) is 9.86 Å². The zero-order chi connectivity index (χ0) is 53.3. The van der Waals surface area contributed by atoms with Crippen LogP contribution in [0.3, 0.4) is 0 Å². The molecule has 0 radical (unpaired) electrons. The first-order valence-electron chi connectivity index (χ1n) is 27.7. The second kappa shape index (κ2) is 19.3. The van der Waals surface area contributed by atoms with Crippen LogP contribution in [0, 0.1) is 13.8 Å². The number of hydrogen-bond donors (Lipinski definition) is 0. The van der Waals surface area contributed by atoms with Gasteiger partial charge in [0.1, 0.15) is 0 Å². The van der Waals surface area contributed by atoms with E-state index in [0.717, 1.165) is 0 Å². The minimum absolute atomic E-state index is 1.17. The lowest BCUT2D eigenvalue weighted by Gasteiger charge is -2.18. The summed E-state index contributed by atoms with van der Waals surface area (Å²) in [6.07, 6.45) is 0. The Morgan fingerprint density at radius 2 is 0.425 bits per heavy atom. The zero-order valence-electron chi connectivity index (χ0n) is 44.6. The molecule has 0 N–H and O–H groups in total. The average molecular weight is 1020 g/mol. The summed E-state index contributed by atoms with van der Waals surface area (Å²) in [6, 6.07) is 106. The standard InChI is InChI=1S/2C39H27N/c1-26-19-24-34-35(25-26)39(27-11-3-2-4-12-27)33-16-6-5-15-32(33)38(34)28-20-22-29(23-21-28)40-36-17-9-7-13-30(36)31-14-8-10-18-37(31)40;1-26-19-24-34-35(25-26)39(33-16-6-5-15-32(33)38(34)27-11-3-2-4-12-27)28-20-22-29(23-21-28)40-36-17-9-7-13-30(36)31-14-8-10-18-37(31)40/h2*2-25H,1H3. The molecule has 2 heterocycles. The molecule has 0 bridgehead atoms. The minimum atomic E-state index is 1.17. The molecule has 0 aliphatic rings. The maximum Gasteiger partial charge on any atom is 0.0541 e. The van der Waals surface area contributed by atoms with Gasteiger partial charge in [0.05, 0.1) is 22.1 Å². The first-order chi connectivity index (χ1) is 39.6. The van der Waals surface area contributed by atoms with Gasteiger partial charge in [-0.2, -0.15) is 0 Å². The molecule has 0 spiro atoms. The highest BCUT2D eigenvalue weighted by Crippen LogP contribution is 2.46. The summed E-state index contributed by atoms with van der Waals surface area (Å²) in [5, 5.41) is 15.4. The molecule has 80 heavy (non-hydrogen) atoms. The van der Waals surface area contributed by atoms with Gasteiger partial charge in [0.2, 0.25) is 0 Å². The van der Waals surface area contributed by atoms with Gasteiger partial charge in [-0.25, -0.2) is 0 Å². The monoisotopic (exact) mass is 1020 g/mol. The Balaban J connectivity index is 0.000000138. The molecule has 0 amide bonds. The Labute approximate surface area is 465 Å². The lowest BCUT2D eigenvalue weighted by Crippen LogP contribution is -1.94. The van der Waals surface area contributed by atoms with E-state index >= 15 is 0 Å². The molecule has 0 fully saturated rings. The van der Waals surface area contributed by atoms with Crippen molar-refractivity contribution in [3.05, 3.63) is 302 Å². The van der Waals surface area contributed by atoms with Gasteiger partial charge in [-0.05, 0) is 150 Å². The Morgan fingerprint density at radius 1 is 0.188 bits per heavy atom. The highest BCUT2D eigenvalue weighted by atomic mass is 15.0. The average Bonchev–Trinajstić information content (AvgIpc) is 4.16. The molecule has 0 aliphatic carbocycles. The van der Waals surface area contributed by atoms with Gasteiger partial charge in [0, 0.05) is 32.9 Å². The van der Waals surface area contributed by atoms with Gasteiger partial charge in [-0.3, -0.25) is 0 Å². The first-order valence-corrected chi connectivity index (χ1v) is 27.7. The van der Waals surface area contributed by atoms with Crippen molar-refractivity contribution in [2.24, 2.45) is 0 Å². The highest BCUT2D eigenvalue weighted by molar-refractivity contribution is 6.23. The van der Waals surface area contributed by atoms with Gasteiger partial charge in [-0.15, -0.1) is 0 Å². The molecule has 0 unspecified atom stereocenters. The van der Waals surface area contributed by atoms with E-state index in [2.05, 4.69) is 314 Å². The highest BCUT2D eigenvalue weighted by Gasteiger charge is 2.20. The van der Waals surface area contributed by atoms with E-state index in [-0.39, 0.29) is 0 Å². The molecular formula is C78H54N2. The fourth-order valence-corrected chi connectivity index (χ4v) is 13.0. The van der Waals surface area contributed by atoms with Crippen molar-refractivity contribution in [2.75, 3.05) is 0 Å². The fourth-order valence-electron chi connectivity index (χ4n) is 13.0. The molecule has 16 aromatic rings. The van der Waals surface area contributed by atoms with Crippen LogP contribution < -0.4 is 0 Å². The summed E-state index contributed by atoms with van der Waals surface area (Å²) < 4.78 is 4.76. The molecule has 376 valence electrons. The Bertz CT molecular complexity index is 4940. The van der Waals surface area contributed by atoms with Crippen molar-refractivity contribution >= 4 is 86.7 Å². The molecule has 0 aliphatic heterocycles. The molecule has 0 saturated heterocycles. The maximum absolute atomic E-state index is 2.38. The summed E-state index contributed by atoms with van der Waals surface area (Å²) in [6.45, 7) is 4.37. The van der Waals surface area contributed by atoms with Crippen LogP contribution in [0.4, 0.5) is 0 Å². The fraction of sp³-hybridized carbons (Fsp3) is 0.0256. The lowest BCUT2D eigenvalue weighted by atomic mass is 9.85. The molecule has 2 nitrogen and oxygen atoms in total. The van der Waals surface area contributed by atoms with Gasteiger partial charge in [0.15, 0.2) is 0 Å². The Morgan fingerprint density at radius 3 is 0.738 bits per heavy atom. The van der Waals surface area contributed by atoms with Crippen LogP contribution in [0.2, 0.25) is 0 Å². The van der Waals surface area contributed by atoms with E-state index in [4.69, 9.17) is 0 Å². The molecule has 16 rings (SSSR count). The largest absolute Gasteiger partial charge is 0.309 e. The third-order valence-electron chi connectivity index (χ3n) is 16.5. The summed E-state index contributed by atoms with van der Waals surface area (Å²) >= 11 is 0. The molecule has 2 heteroatoms. The van der Waals surface area contributed by atoms with Crippen LogP contribution in [-0.4, -0.2) is 9.13 Å². The normalized spacial score (nSPS) is 11.6. The van der Waals surface area contributed by atoms with Gasteiger partial charge in [0.25, 0.3) is 0 Å². The Kier molecular flexibility index (Phi) is 11.3. The quantitative estimate of drug-likeness (QED) is 0.147. The van der Waals surface area contributed by atoms with Gasteiger partial charge >= 0.3 is 0 Å². The second-order valence-electron chi connectivity index (χ2n) is 21.3. The van der Waals surface area contributed by atoms with Gasteiger partial charge < -0.3 is 9.13 Å². The van der Waals surface area contributed by atoms with E-state index < -0.39 is 0 Å². The van der Waals surface area contributed by atoms with Crippen LogP contribution in [-0.2, 0) is 0 Å². The SMILES string of the molecule is Cc1ccc2c(-c3ccc(-n4c5ccccc5c5ccccc54)cc3)c3ccccc3c(-c3ccccc3)c2c1.Cc1ccc2c(-c3ccccc3)c3ccccc3c(-c3ccc(-n4c5ccccc5c5ccccc54)cc3)c2c1. The third-order valence-corrected chi connectivity index (χ3v) is 16.5. The molecule has 0 saturated carbocycles. The van der Waals surface area contributed by atoms with Crippen LogP contribution in [0.25, 0.3) is 143 Å². The minimum Gasteiger partial charge on any atom is -0.309 e. The number of nitrogens with zero attached hydrogens (tertiary/aromatic N) is 2. The number of fused-ring (bicyclic) bond motifs is 10. The first kappa shape index (κ1) is 47.0. The summed E-state index contributed by atoms with van der Waals surface area (Å²) in [4.78, 5) is 0. The number of rotatable bonds is 6. The predicted molar refractivity (Wildman–Crippen MR) is 343 cm³/mol. The van der Waals surface area contributed by atoms with E-state index in [1.165, 1.54) is 154 Å². The van der Waals surface area contributed by atoms with Crippen molar-refractivity contribution in [3.8, 4) is 55.9 Å². The second-order valence-corrected chi connectivity index (χ2v) is 21.3. The van der Waals surface area contributed by atoms with Crippen LogP contribution in [0.1, 0.15) is 11.1 Å². The molecule has 0 atom stereocenters. The third kappa shape index (κ3) is 7.71. The van der Waals surface area contributed by atoms with Crippen LogP contribution in [0.5, 0.6) is 0 Å². The van der Waals surface area contributed by atoms with Crippen LogP contribution >= 0.6 is 0 Å². The van der Waals surface area contributed by atoms with Crippen LogP contribution in [0.15, 0.2) is 291 Å². The van der Waals surface area contributed by atoms with Gasteiger partial charge in [-0.1, -0.05) is 254 Å². The van der Waals surface area contributed by atoms with Crippen molar-refractivity contribution in [2.45, 2.75) is 13.8 Å². The number of aromatic nitrogens is 2. The number of para-hydroxylation sites is 4. The number of hydrogen-bond acceptors (Lipinski definition) is 0. The summed E-state index contributed by atoms with van der Waals surface area (Å²) in [5.74, 6) is 0. The lowest BCUT2D eigenvalue weighted by molar-refractivity contribution is 1.18. The van der Waals surface area contributed by atoms with Crippen molar-refractivity contribution in [3.63, 3.8) is 0 Å². The zero-order valence-corrected chi connectivity index (χ0v) is 44.6. The molecule has 14 aromatic carbocycles. The van der Waals surface area contributed by atoms with Crippen molar-refractivity contribution in [1.29, 1.82) is 0 Å². The number of aryl methyl sites for hydroxylation is 2. The predicted octanol–water partition coefficient (Wildman–Crippen LogP) is 21.5.